The van der Waals surface area contributed by atoms with E-state index in [0.29, 0.717) is 6.04 Å². The van der Waals surface area contributed by atoms with E-state index >= 15 is 0 Å². The van der Waals surface area contributed by atoms with Gasteiger partial charge < -0.3 is 14.5 Å². The molecular weight excluding hydrogens is 415 g/mol. The number of halogens is 1. The highest BCUT2D eigenvalue weighted by atomic mass is 127. The van der Waals surface area contributed by atoms with E-state index in [1.165, 1.54) is 11.1 Å². The molecular formula is C18H31IN4O. The number of aliphatic imine (C=N–C) groups is 1. The van der Waals surface area contributed by atoms with Gasteiger partial charge in [0.15, 0.2) is 5.96 Å². The molecule has 0 N–H and O–H groups in total. The van der Waals surface area contributed by atoms with Crippen LogP contribution >= 0.6 is 24.0 Å². The summed E-state index contributed by atoms with van der Waals surface area (Å²) in [5.41, 5.74) is 2.62. The van der Waals surface area contributed by atoms with Crippen LogP contribution < -0.4 is 0 Å². The number of ether oxygens (including phenoxy) is 1. The molecule has 136 valence electrons. The van der Waals surface area contributed by atoms with Crippen molar-refractivity contribution >= 4 is 29.9 Å². The molecule has 1 atom stereocenters. The van der Waals surface area contributed by atoms with Crippen molar-refractivity contribution in [3.05, 3.63) is 35.4 Å². The highest BCUT2D eigenvalue weighted by Gasteiger charge is 2.22. The molecule has 24 heavy (non-hydrogen) atoms. The fraction of sp³-hybridized carbons (Fsp3) is 0.611. The van der Waals surface area contributed by atoms with Gasteiger partial charge in [-0.05, 0) is 12.5 Å². The molecule has 1 unspecified atom stereocenters. The van der Waals surface area contributed by atoms with E-state index in [1.54, 1.807) is 0 Å². The van der Waals surface area contributed by atoms with Crippen molar-refractivity contribution in [3.63, 3.8) is 0 Å². The van der Waals surface area contributed by atoms with Crippen molar-refractivity contribution in [3.8, 4) is 0 Å². The molecule has 0 spiro atoms. The summed E-state index contributed by atoms with van der Waals surface area (Å²) in [6.45, 7) is 6.43. The number of benzene rings is 1. The van der Waals surface area contributed by atoms with Crippen LogP contribution in [0.3, 0.4) is 0 Å². The van der Waals surface area contributed by atoms with Gasteiger partial charge in [-0.1, -0.05) is 29.8 Å². The number of guanidine groups is 1. The van der Waals surface area contributed by atoms with Gasteiger partial charge in [0.25, 0.3) is 0 Å². The summed E-state index contributed by atoms with van der Waals surface area (Å²) in [5, 5.41) is 0. The molecule has 1 heterocycles. The maximum atomic E-state index is 5.51. The molecule has 0 amide bonds. The van der Waals surface area contributed by atoms with Crippen molar-refractivity contribution in [1.82, 2.24) is 14.7 Å². The molecule has 0 bridgehead atoms. The Morgan fingerprint density at radius 3 is 2.12 bits per heavy atom. The second kappa shape index (κ2) is 10.2. The molecule has 1 aliphatic rings. The number of nitrogens with zero attached hydrogens (tertiary/aromatic N) is 4. The minimum atomic E-state index is 0. The first-order valence-corrected chi connectivity index (χ1v) is 8.26. The lowest BCUT2D eigenvalue weighted by Crippen LogP contribution is -2.41. The van der Waals surface area contributed by atoms with Crippen molar-refractivity contribution < 1.29 is 4.74 Å². The number of hydrogen-bond donors (Lipinski definition) is 0. The number of hydrogen-bond acceptors (Lipinski definition) is 3. The third-order valence-electron chi connectivity index (χ3n) is 4.15. The number of aryl methyl sites for hydroxylation is 1. The molecule has 1 saturated heterocycles. The first kappa shape index (κ1) is 21.2. The van der Waals surface area contributed by atoms with Crippen molar-refractivity contribution in [2.75, 3.05) is 61.0 Å². The highest BCUT2D eigenvalue weighted by molar-refractivity contribution is 14.0. The van der Waals surface area contributed by atoms with Gasteiger partial charge in [0.1, 0.15) is 0 Å². The lowest BCUT2D eigenvalue weighted by Gasteiger charge is -2.34. The smallest absolute Gasteiger partial charge is 0.195 e. The number of rotatable bonds is 4. The lowest BCUT2D eigenvalue weighted by atomic mass is 10.0. The summed E-state index contributed by atoms with van der Waals surface area (Å²) in [7, 11) is 8.14. The summed E-state index contributed by atoms with van der Waals surface area (Å²) in [5.74, 6) is 0.996. The molecule has 0 saturated carbocycles. The van der Waals surface area contributed by atoms with E-state index in [-0.39, 0.29) is 24.0 Å². The van der Waals surface area contributed by atoms with E-state index in [4.69, 9.17) is 9.73 Å². The lowest BCUT2D eigenvalue weighted by molar-refractivity contribution is 0.0179. The maximum Gasteiger partial charge on any atom is 0.195 e. The molecule has 0 aliphatic carbocycles. The largest absolute Gasteiger partial charge is 0.379 e. The Morgan fingerprint density at radius 1 is 1.08 bits per heavy atom. The van der Waals surface area contributed by atoms with Crippen LogP contribution in [0.15, 0.2) is 29.3 Å². The Balaban J connectivity index is 0.00000288. The molecule has 1 aromatic rings. The summed E-state index contributed by atoms with van der Waals surface area (Å²) in [4.78, 5) is 11.5. The zero-order valence-corrected chi connectivity index (χ0v) is 17.9. The maximum absolute atomic E-state index is 5.51. The molecule has 0 aromatic heterocycles. The summed E-state index contributed by atoms with van der Waals surface area (Å²) >= 11 is 0. The second-order valence-electron chi connectivity index (χ2n) is 6.50. The van der Waals surface area contributed by atoms with Crippen molar-refractivity contribution in [2.24, 2.45) is 4.99 Å². The minimum Gasteiger partial charge on any atom is -0.379 e. The van der Waals surface area contributed by atoms with Gasteiger partial charge in [0.05, 0.1) is 25.8 Å². The summed E-state index contributed by atoms with van der Waals surface area (Å²) < 4.78 is 5.51. The zero-order chi connectivity index (χ0) is 16.8. The van der Waals surface area contributed by atoms with E-state index < -0.39 is 0 Å². The van der Waals surface area contributed by atoms with E-state index in [0.717, 1.165) is 38.8 Å². The van der Waals surface area contributed by atoms with Crippen LogP contribution in [0.1, 0.15) is 17.2 Å². The van der Waals surface area contributed by atoms with Crippen LogP contribution in [0.4, 0.5) is 0 Å². The van der Waals surface area contributed by atoms with Gasteiger partial charge in [-0.2, -0.15) is 0 Å². The monoisotopic (exact) mass is 446 g/mol. The molecule has 0 radical (unpaired) electrons. The molecule has 2 rings (SSSR count). The van der Waals surface area contributed by atoms with Crippen LogP contribution in [0.5, 0.6) is 0 Å². The SMILES string of the molecule is Cc1ccc(C(CN=C(N(C)C)N(C)C)N2CCOCC2)cc1.I. The first-order valence-electron chi connectivity index (χ1n) is 8.26. The van der Waals surface area contributed by atoms with Crippen LogP contribution in [-0.2, 0) is 4.74 Å². The van der Waals surface area contributed by atoms with E-state index in [9.17, 15) is 0 Å². The fourth-order valence-electron chi connectivity index (χ4n) is 2.96. The zero-order valence-electron chi connectivity index (χ0n) is 15.5. The van der Waals surface area contributed by atoms with Crippen LogP contribution in [-0.4, -0.2) is 81.7 Å². The quantitative estimate of drug-likeness (QED) is 0.404. The van der Waals surface area contributed by atoms with Crippen molar-refractivity contribution in [2.45, 2.75) is 13.0 Å². The second-order valence-corrected chi connectivity index (χ2v) is 6.50. The molecule has 6 heteroatoms. The van der Waals surface area contributed by atoms with Crippen LogP contribution in [0.25, 0.3) is 0 Å². The predicted molar refractivity (Wildman–Crippen MR) is 111 cm³/mol. The van der Waals surface area contributed by atoms with Gasteiger partial charge in [0, 0.05) is 41.3 Å². The van der Waals surface area contributed by atoms with E-state index in [1.807, 2.05) is 28.2 Å². The minimum absolute atomic E-state index is 0. The van der Waals surface area contributed by atoms with Gasteiger partial charge in [-0.3, -0.25) is 9.89 Å². The Kier molecular flexibility index (Phi) is 9.01. The molecule has 1 fully saturated rings. The topological polar surface area (TPSA) is 31.3 Å². The average molecular weight is 446 g/mol. The standard InChI is InChI=1S/C18H30N4O.HI/c1-15-6-8-16(9-7-15)17(22-10-12-23-13-11-22)14-19-18(20(2)3)21(4)5;/h6-9,17H,10-14H2,1-5H3;1H. The van der Waals surface area contributed by atoms with Crippen LogP contribution in [0.2, 0.25) is 0 Å². The van der Waals surface area contributed by atoms with Crippen LogP contribution in [0, 0.1) is 6.92 Å². The number of morpholine rings is 1. The molecule has 1 aliphatic heterocycles. The predicted octanol–water partition coefficient (Wildman–Crippen LogP) is 2.47. The highest BCUT2D eigenvalue weighted by Crippen LogP contribution is 2.23. The van der Waals surface area contributed by atoms with Gasteiger partial charge in [0.2, 0.25) is 0 Å². The Hall–Kier alpha value is -0.860. The Labute approximate surface area is 163 Å². The molecule has 1 aromatic carbocycles. The normalized spacial score (nSPS) is 16.0. The first-order chi connectivity index (χ1) is 11.0. The molecule has 5 nitrogen and oxygen atoms in total. The average Bonchev–Trinajstić information content (AvgIpc) is 2.53. The summed E-state index contributed by atoms with van der Waals surface area (Å²) in [6, 6.07) is 9.14. The Morgan fingerprint density at radius 2 is 1.62 bits per heavy atom. The fourth-order valence-corrected chi connectivity index (χ4v) is 2.96. The van der Waals surface area contributed by atoms with Gasteiger partial charge in [-0.15, -0.1) is 24.0 Å². The van der Waals surface area contributed by atoms with Crippen molar-refractivity contribution in [1.29, 1.82) is 0 Å². The summed E-state index contributed by atoms with van der Waals surface area (Å²) in [6.07, 6.45) is 0. The third-order valence-corrected chi connectivity index (χ3v) is 4.15. The van der Waals surface area contributed by atoms with Gasteiger partial charge in [-0.25, -0.2) is 0 Å². The Bertz CT molecular complexity index is 500. The third kappa shape index (κ3) is 5.89. The van der Waals surface area contributed by atoms with E-state index in [2.05, 4.69) is 45.9 Å². The van der Waals surface area contributed by atoms with Gasteiger partial charge >= 0.3 is 0 Å².